The van der Waals surface area contributed by atoms with Crippen LogP contribution in [0.15, 0.2) is 12.7 Å². The molecular formula is C13H25NO. The van der Waals surface area contributed by atoms with Crippen molar-refractivity contribution in [2.75, 3.05) is 13.7 Å². The van der Waals surface area contributed by atoms with Gasteiger partial charge in [-0.2, -0.15) is 0 Å². The molecular weight excluding hydrogens is 186 g/mol. The first-order valence-corrected chi connectivity index (χ1v) is 6.23. The molecule has 2 nitrogen and oxygen atoms in total. The summed E-state index contributed by atoms with van der Waals surface area (Å²) < 4.78 is 5.86. The fraction of sp³-hybridized carbons (Fsp3) is 0.846. The van der Waals surface area contributed by atoms with Crippen LogP contribution in [0, 0.1) is 5.92 Å². The number of unbranched alkanes of at least 4 members (excludes halogenated alkanes) is 1. The molecule has 0 saturated heterocycles. The van der Waals surface area contributed by atoms with Crippen LogP contribution < -0.4 is 5.32 Å². The van der Waals surface area contributed by atoms with Gasteiger partial charge in [0.25, 0.3) is 0 Å². The summed E-state index contributed by atoms with van der Waals surface area (Å²) in [6, 6.07) is 0.525. The first kappa shape index (κ1) is 12.7. The largest absolute Gasteiger partial charge is 0.377 e. The fourth-order valence-electron chi connectivity index (χ4n) is 2.15. The summed E-state index contributed by atoms with van der Waals surface area (Å²) in [5.74, 6) is 0.811. The lowest BCUT2D eigenvalue weighted by atomic mass is 10.0. The predicted molar refractivity (Wildman–Crippen MR) is 65.0 cm³/mol. The van der Waals surface area contributed by atoms with Crippen LogP contribution in [0.3, 0.4) is 0 Å². The highest BCUT2D eigenvalue weighted by atomic mass is 16.5. The van der Waals surface area contributed by atoms with Crippen molar-refractivity contribution in [2.24, 2.45) is 5.92 Å². The maximum absolute atomic E-state index is 5.86. The molecule has 2 atom stereocenters. The molecule has 0 amide bonds. The second-order valence-corrected chi connectivity index (χ2v) is 4.37. The van der Waals surface area contributed by atoms with E-state index in [9.17, 15) is 0 Å². The van der Waals surface area contributed by atoms with E-state index < -0.39 is 0 Å². The molecule has 1 rings (SSSR count). The highest BCUT2D eigenvalue weighted by Gasteiger charge is 2.36. The van der Waals surface area contributed by atoms with E-state index in [4.69, 9.17) is 4.74 Å². The molecule has 1 fully saturated rings. The first-order valence-electron chi connectivity index (χ1n) is 6.23. The van der Waals surface area contributed by atoms with E-state index in [1.165, 1.54) is 25.7 Å². The van der Waals surface area contributed by atoms with Crippen molar-refractivity contribution in [3.8, 4) is 0 Å². The first-order chi connectivity index (χ1) is 7.33. The Balaban J connectivity index is 2.34. The third kappa shape index (κ3) is 4.35. The molecule has 1 saturated carbocycles. The Morgan fingerprint density at radius 3 is 2.73 bits per heavy atom. The van der Waals surface area contributed by atoms with Gasteiger partial charge >= 0.3 is 0 Å². The van der Waals surface area contributed by atoms with Gasteiger partial charge in [0.1, 0.15) is 0 Å². The number of nitrogens with one attached hydrogen (secondary N) is 1. The zero-order valence-electron chi connectivity index (χ0n) is 10.2. The van der Waals surface area contributed by atoms with Gasteiger partial charge < -0.3 is 10.1 Å². The SMILES string of the molecule is C=CCCCC(NC)C(OCC)C1CC1. The van der Waals surface area contributed by atoms with Gasteiger partial charge in [0.2, 0.25) is 0 Å². The normalized spacial score (nSPS) is 19.9. The predicted octanol–water partition coefficient (Wildman–Crippen LogP) is 2.75. The van der Waals surface area contributed by atoms with Gasteiger partial charge in [-0.3, -0.25) is 0 Å². The van der Waals surface area contributed by atoms with E-state index in [1.807, 2.05) is 13.1 Å². The average molecular weight is 211 g/mol. The van der Waals surface area contributed by atoms with Crippen molar-refractivity contribution in [1.82, 2.24) is 5.32 Å². The minimum Gasteiger partial charge on any atom is -0.377 e. The van der Waals surface area contributed by atoms with Gasteiger partial charge in [-0.25, -0.2) is 0 Å². The molecule has 0 aromatic carbocycles. The fourth-order valence-corrected chi connectivity index (χ4v) is 2.15. The topological polar surface area (TPSA) is 21.3 Å². The van der Waals surface area contributed by atoms with Crippen LogP contribution in [0.5, 0.6) is 0 Å². The monoisotopic (exact) mass is 211 g/mol. The van der Waals surface area contributed by atoms with Crippen LogP contribution in [-0.4, -0.2) is 25.8 Å². The smallest absolute Gasteiger partial charge is 0.0755 e. The summed E-state index contributed by atoms with van der Waals surface area (Å²) in [5, 5.41) is 3.41. The van der Waals surface area contributed by atoms with Crippen molar-refractivity contribution in [1.29, 1.82) is 0 Å². The maximum atomic E-state index is 5.86. The second kappa shape index (κ2) is 7.02. The molecule has 2 unspecified atom stereocenters. The Kier molecular flexibility index (Phi) is 5.96. The molecule has 0 aliphatic heterocycles. The molecule has 15 heavy (non-hydrogen) atoms. The molecule has 1 aliphatic rings. The van der Waals surface area contributed by atoms with Gasteiger partial charge in [-0.1, -0.05) is 6.08 Å². The molecule has 0 aromatic rings. The number of hydrogen-bond acceptors (Lipinski definition) is 2. The lowest BCUT2D eigenvalue weighted by molar-refractivity contribution is 0.0185. The summed E-state index contributed by atoms with van der Waals surface area (Å²) in [4.78, 5) is 0. The number of ether oxygens (including phenoxy) is 1. The highest BCUT2D eigenvalue weighted by Crippen LogP contribution is 2.36. The number of hydrogen-bond donors (Lipinski definition) is 1. The number of likely N-dealkylation sites (N-methyl/N-ethyl adjacent to an activating group) is 1. The second-order valence-electron chi connectivity index (χ2n) is 4.37. The molecule has 1 N–H and O–H groups in total. The van der Waals surface area contributed by atoms with Crippen LogP contribution >= 0.6 is 0 Å². The number of rotatable bonds is 9. The van der Waals surface area contributed by atoms with Crippen molar-refractivity contribution in [3.63, 3.8) is 0 Å². The third-order valence-corrected chi connectivity index (χ3v) is 3.14. The maximum Gasteiger partial charge on any atom is 0.0755 e. The Hall–Kier alpha value is -0.340. The Morgan fingerprint density at radius 2 is 2.27 bits per heavy atom. The van der Waals surface area contributed by atoms with Crippen LogP contribution in [0.4, 0.5) is 0 Å². The molecule has 0 radical (unpaired) electrons. The summed E-state index contributed by atoms with van der Waals surface area (Å²) >= 11 is 0. The van der Waals surface area contributed by atoms with Gasteiger partial charge in [0.15, 0.2) is 0 Å². The quantitative estimate of drug-likeness (QED) is 0.468. The molecule has 0 spiro atoms. The summed E-state index contributed by atoms with van der Waals surface area (Å²) in [7, 11) is 2.05. The average Bonchev–Trinajstić information content (AvgIpc) is 3.06. The molecule has 2 heteroatoms. The van der Waals surface area contributed by atoms with Crippen LogP contribution in [0.2, 0.25) is 0 Å². The van der Waals surface area contributed by atoms with Gasteiger partial charge in [-0.05, 0) is 52.0 Å². The third-order valence-electron chi connectivity index (χ3n) is 3.14. The van der Waals surface area contributed by atoms with Crippen molar-refractivity contribution in [3.05, 3.63) is 12.7 Å². The van der Waals surface area contributed by atoms with Crippen LogP contribution in [0.1, 0.15) is 39.0 Å². The lowest BCUT2D eigenvalue weighted by Crippen LogP contribution is -2.40. The minimum atomic E-state index is 0.435. The molecule has 88 valence electrons. The lowest BCUT2D eigenvalue weighted by Gasteiger charge is -2.26. The van der Waals surface area contributed by atoms with E-state index in [1.54, 1.807) is 0 Å². The van der Waals surface area contributed by atoms with E-state index >= 15 is 0 Å². The Labute approximate surface area is 94.1 Å². The zero-order chi connectivity index (χ0) is 11.1. The van der Waals surface area contributed by atoms with E-state index in [0.29, 0.717) is 12.1 Å². The van der Waals surface area contributed by atoms with Crippen LogP contribution in [-0.2, 0) is 4.74 Å². The van der Waals surface area contributed by atoms with E-state index in [2.05, 4.69) is 18.8 Å². The minimum absolute atomic E-state index is 0.435. The van der Waals surface area contributed by atoms with Crippen molar-refractivity contribution < 1.29 is 4.74 Å². The van der Waals surface area contributed by atoms with Gasteiger partial charge in [0.05, 0.1) is 6.10 Å². The van der Waals surface area contributed by atoms with E-state index in [-0.39, 0.29) is 0 Å². The highest BCUT2D eigenvalue weighted by molar-refractivity contribution is 4.90. The summed E-state index contributed by atoms with van der Waals surface area (Å²) in [6.45, 7) is 6.68. The Bertz CT molecular complexity index is 177. The van der Waals surface area contributed by atoms with E-state index in [0.717, 1.165) is 18.9 Å². The van der Waals surface area contributed by atoms with Gasteiger partial charge in [-0.15, -0.1) is 6.58 Å². The standard InChI is InChI=1S/C13H25NO/c1-4-6-7-8-12(14-3)13(15-5-2)11-9-10-11/h4,11-14H,1,5-10H2,2-3H3. The molecule has 0 bridgehead atoms. The number of allylic oxidation sites excluding steroid dienone is 1. The summed E-state index contributed by atoms with van der Waals surface area (Å²) in [5.41, 5.74) is 0. The molecule has 0 aromatic heterocycles. The molecule has 0 heterocycles. The van der Waals surface area contributed by atoms with Crippen molar-refractivity contribution in [2.45, 2.75) is 51.2 Å². The Morgan fingerprint density at radius 1 is 1.53 bits per heavy atom. The summed E-state index contributed by atoms with van der Waals surface area (Å²) in [6.07, 6.45) is 8.66. The molecule has 1 aliphatic carbocycles. The van der Waals surface area contributed by atoms with Gasteiger partial charge in [0, 0.05) is 12.6 Å². The van der Waals surface area contributed by atoms with Crippen molar-refractivity contribution >= 4 is 0 Å². The zero-order valence-corrected chi connectivity index (χ0v) is 10.2. The van der Waals surface area contributed by atoms with Crippen LogP contribution in [0.25, 0.3) is 0 Å².